The van der Waals surface area contributed by atoms with Crippen molar-refractivity contribution in [2.45, 2.75) is 25.3 Å². The molecule has 0 fully saturated rings. The summed E-state index contributed by atoms with van der Waals surface area (Å²) in [5.74, 6) is 0.394. The van der Waals surface area contributed by atoms with Crippen LogP contribution in [0.1, 0.15) is 18.1 Å². The summed E-state index contributed by atoms with van der Waals surface area (Å²) in [6.07, 6.45) is 0. The molecule has 116 valence electrons. The summed E-state index contributed by atoms with van der Waals surface area (Å²) < 4.78 is 5.43. The van der Waals surface area contributed by atoms with Gasteiger partial charge < -0.3 is 10.1 Å². The Bertz CT molecular complexity index is 628. The number of anilines is 1. The lowest BCUT2D eigenvalue weighted by atomic mass is 10.2. The standard InChI is InChI=1S/C18H21NO2S/c1-3-21-12-15-9-5-6-10-16(15)19-18(20)13-22-17-11-7-4-8-14(17)2/h4-11H,3,12-13H2,1-2H3,(H,19,20). The second-order valence-electron chi connectivity index (χ2n) is 4.90. The summed E-state index contributed by atoms with van der Waals surface area (Å²) in [6.45, 7) is 5.18. The number of ether oxygens (including phenoxy) is 1. The summed E-state index contributed by atoms with van der Waals surface area (Å²) in [4.78, 5) is 13.3. The average molecular weight is 315 g/mol. The molecule has 0 aromatic heterocycles. The van der Waals surface area contributed by atoms with Gasteiger partial charge >= 0.3 is 0 Å². The van der Waals surface area contributed by atoms with E-state index in [0.717, 1.165) is 16.1 Å². The number of aryl methyl sites for hydroxylation is 1. The third-order valence-corrected chi connectivity index (χ3v) is 4.38. The van der Waals surface area contributed by atoms with E-state index in [2.05, 4.69) is 18.3 Å². The van der Waals surface area contributed by atoms with Crippen molar-refractivity contribution in [3.8, 4) is 0 Å². The fourth-order valence-electron chi connectivity index (χ4n) is 2.03. The van der Waals surface area contributed by atoms with Gasteiger partial charge in [0.2, 0.25) is 5.91 Å². The number of rotatable bonds is 7. The van der Waals surface area contributed by atoms with Gasteiger partial charge in [-0.3, -0.25) is 4.79 Å². The predicted octanol–water partition coefficient (Wildman–Crippen LogP) is 4.26. The second kappa shape index (κ2) is 8.61. The molecule has 2 rings (SSSR count). The molecule has 0 radical (unpaired) electrons. The Morgan fingerprint density at radius 2 is 1.86 bits per heavy atom. The molecule has 0 aliphatic heterocycles. The van der Waals surface area contributed by atoms with E-state index in [0.29, 0.717) is 19.0 Å². The highest BCUT2D eigenvalue weighted by Crippen LogP contribution is 2.22. The first-order valence-corrected chi connectivity index (χ1v) is 8.33. The van der Waals surface area contributed by atoms with E-state index in [1.807, 2.05) is 49.4 Å². The molecule has 0 aliphatic rings. The van der Waals surface area contributed by atoms with E-state index in [9.17, 15) is 4.79 Å². The highest BCUT2D eigenvalue weighted by molar-refractivity contribution is 8.00. The largest absolute Gasteiger partial charge is 0.377 e. The lowest BCUT2D eigenvalue weighted by Crippen LogP contribution is -2.15. The van der Waals surface area contributed by atoms with E-state index in [-0.39, 0.29) is 5.91 Å². The zero-order chi connectivity index (χ0) is 15.8. The summed E-state index contributed by atoms with van der Waals surface area (Å²) in [7, 11) is 0. The van der Waals surface area contributed by atoms with Crippen molar-refractivity contribution in [2.75, 3.05) is 17.7 Å². The van der Waals surface area contributed by atoms with Gasteiger partial charge in [-0.25, -0.2) is 0 Å². The lowest BCUT2D eigenvalue weighted by molar-refractivity contribution is -0.113. The number of hydrogen-bond acceptors (Lipinski definition) is 3. The molecule has 3 nitrogen and oxygen atoms in total. The molecule has 0 bridgehead atoms. The Morgan fingerprint density at radius 1 is 1.14 bits per heavy atom. The van der Waals surface area contributed by atoms with Crippen LogP contribution >= 0.6 is 11.8 Å². The Labute approximate surface area is 136 Å². The Kier molecular flexibility index (Phi) is 6.49. The molecule has 0 spiro atoms. The van der Waals surface area contributed by atoms with Gasteiger partial charge in [-0.15, -0.1) is 11.8 Å². The van der Waals surface area contributed by atoms with Crippen LogP contribution in [0.4, 0.5) is 5.69 Å². The SMILES string of the molecule is CCOCc1ccccc1NC(=O)CSc1ccccc1C. The molecule has 1 amide bonds. The van der Waals surface area contributed by atoms with Crippen molar-refractivity contribution in [1.29, 1.82) is 0 Å². The van der Waals surface area contributed by atoms with Crippen LogP contribution in [0.2, 0.25) is 0 Å². The monoisotopic (exact) mass is 315 g/mol. The average Bonchev–Trinajstić information content (AvgIpc) is 2.53. The van der Waals surface area contributed by atoms with Crippen LogP contribution in [0.25, 0.3) is 0 Å². The van der Waals surface area contributed by atoms with Gasteiger partial charge in [-0.2, -0.15) is 0 Å². The van der Waals surface area contributed by atoms with E-state index in [1.165, 1.54) is 5.56 Å². The number of hydrogen-bond donors (Lipinski definition) is 1. The number of thioether (sulfide) groups is 1. The van der Waals surface area contributed by atoms with Crippen LogP contribution < -0.4 is 5.32 Å². The van der Waals surface area contributed by atoms with Crippen LogP contribution in [-0.4, -0.2) is 18.3 Å². The first-order chi connectivity index (χ1) is 10.7. The molecule has 0 unspecified atom stereocenters. The lowest BCUT2D eigenvalue weighted by Gasteiger charge is -2.11. The third-order valence-electron chi connectivity index (χ3n) is 3.21. The van der Waals surface area contributed by atoms with Gasteiger partial charge in [0.15, 0.2) is 0 Å². The second-order valence-corrected chi connectivity index (χ2v) is 5.91. The van der Waals surface area contributed by atoms with Crippen LogP contribution in [-0.2, 0) is 16.1 Å². The van der Waals surface area contributed by atoms with Gasteiger partial charge in [-0.05, 0) is 31.5 Å². The van der Waals surface area contributed by atoms with Crippen molar-refractivity contribution in [3.63, 3.8) is 0 Å². The van der Waals surface area contributed by atoms with Crippen molar-refractivity contribution in [1.82, 2.24) is 0 Å². The minimum atomic E-state index is -0.00259. The zero-order valence-corrected chi connectivity index (χ0v) is 13.8. The van der Waals surface area contributed by atoms with E-state index in [4.69, 9.17) is 4.74 Å². The molecule has 0 saturated carbocycles. The van der Waals surface area contributed by atoms with E-state index >= 15 is 0 Å². The van der Waals surface area contributed by atoms with Gasteiger partial charge in [0.05, 0.1) is 12.4 Å². The molecule has 0 heterocycles. The van der Waals surface area contributed by atoms with Gasteiger partial charge in [0.25, 0.3) is 0 Å². The number of carbonyl (C=O) groups is 1. The highest BCUT2D eigenvalue weighted by atomic mass is 32.2. The van der Waals surface area contributed by atoms with Crippen molar-refractivity contribution in [2.24, 2.45) is 0 Å². The van der Waals surface area contributed by atoms with Crippen LogP contribution in [0.15, 0.2) is 53.4 Å². The van der Waals surface area contributed by atoms with Crippen LogP contribution in [0.5, 0.6) is 0 Å². The topological polar surface area (TPSA) is 38.3 Å². The number of para-hydroxylation sites is 1. The third kappa shape index (κ3) is 4.90. The maximum Gasteiger partial charge on any atom is 0.234 e. The highest BCUT2D eigenvalue weighted by Gasteiger charge is 2.08. The molecular formula is C18H21NO2S. The van der Waals surface area contributed by atoms with E-state index < -0.39 is 0 Å². The summed E-state index contributed by atoms with van der Waals surface area (Å²) >= 11 is 1.55. The fraction of sp³-hybridized carbons (Fsp3) is 0.278. The van der Waals surface area contributed by atoms with Gasteiger partial charge in [0, 0.05) is 22.8 Å². The number of amides is 1. The first kappa shape index (κ1) is 16.6. The molecule has 0 atom stereocenters. The van der Waals surface area contributed by atoms with Crippen molar-refractivity contribution < 1.29 is 9.53 Å². The first-order valence-electron chi connectivity index (χ1n) is 7.34. The maximum atomic E-state index is 12.2. The minimum Gasteiger partial charge on any atom is -0.377 e. The Balaban J connectivity index is 1.93. The van der Waals surface area contributed by atoms with Crippen molar-refractivity contribution in [3.05, 3.63) is 59.7 Å². The van der Waals surface area contributed by atoms with Crippen molar-refractivity contribution >= 4 is 23.4 Å². The molecular weight excluding hydrogens is 294 g/mol. The summed E-state index contributed by atoms with van der Waals surface area (Å²) in [6, 6.07) is 15.8. The predicted molar refractivity (Wildman–Crippen MR) is 92.3 cm³/mol. The smallest absolute Gasteiger partial charge is 0.234 e. The number of nitrogens with one attached hydrogen (secondary N) is 1. The van der Waals surface area contributed by atoms with E-state index in [1.54, 1.807) is 11.8 Å². The number of benzene rings is 2. The summed E-state index contributed by atoms with van der Waals surface area (Å²) in [5, 5.41) is 2.97. The molecule has 2 aromatic carbocycles. The molecule has 22 heavy (non-hydrogen) atoms. The zero-order valence-electron chi connectivity index (χ0n) is 13.0. The minimum absolute atomic E-state index is 0.00259. The van der Waals surface area contributed by atoms with Gasteiger partial charge in [0.1, 0.15) is 0 Å². The number of carbonyl (C=O) groups excluding carboxylic acids is 1. The molecule has 0 aliphatic carbocycles. The molecule has 4 heteroatoms. The molecule has 1 N–H and O–H groups in total. The quantitative estimate of drug-likeness (QED) is 0.776. The van der Waals surface area contributed by atoms with Crippen LogP contribution in [0.3, 0.4) is 0 Å². The van der Waals surface area contributed by atoms with Crippen LogP contribution in [0, 0.1) is 6.92 Å². The molecule has 2 aromatic rings. The Morgan fingerprint density at radius 3 is 2.64 bits per heavy atom. The van der Waals surface area contributed by atoms with Gasteiger partial charge in [-0.1, -0.05) is 36.4 Å². The fourth-order valence-corrected chi connectivity index (χ4v) is 2.86. The summed E-state index contributed by atoms with van der Waals surface area (Å²) in [5.41, 5.74) is 3.02. The maximum absolute atomic E-state index is 12.2. The Hall–Kier alpha value is -1.78. The normalized spacial score (nSPS) is 10.5. The molecule has 0 saturated heterocycles.